The number of thiazole rings is 1. The third-order valence-electron chi connectivity index (χ3n) is 2.14. The van der Waals surface area contributed by atoms with Crippen LogP contribution in [0.2, 0.25) is 0 Å². The van der Waals surface area contributed by atoms with E-state index in [1.165, 1.54) is 0 Å². The fraction of sp³-hybridized carbons (Fsp3) is 0.250. The maximum atomic E-state index is 11.6. The number of aromatic nitrogens is 2. The standard InChI is InChI=1S/C12H13N3OS2/c16-11(10-4-1-2-5-13-10)14-6-3-8-17-12-15-7-9-18-12/h1-2,4-5,7,9H,3,6,8H2,(H,14,16). The normalized spacial score (nSPS) is 10.2. The lowest BCUT2D eigenvalue weighted by atomic mass is 10.3. The lowest BCUT2D eigenvalue weighted by Gasteiger charge is -2.03. The first-order valence-corrected chi connectivity index (χ1v) is 7.44. The molecule has 2 heterocycles. The highest BCUT2D eigenvalue weighted by atomic mass is 32.2. The number of nitrogens with one attached hydrogen (secondary N) is 1. The molecule has 1 N–H and O–H groups in total. The number of pyridine rings is 1. The zero-order valence-electron chi connectivity index (χ0n) is 9.70. The van der Waals surface area contributed by atoms with E-state index in [1.807, 2.05) is 5.38 Å². The van der Waals surface area contributed by atoms with Crippen LogP contribution in [-0.2, 0) is 0 Å². The van der Waals surface area contributed by atoms with Gasteiger partial charge in [-0.1, -0.05) is 17.8 Å². The van der Waals surface area contributed by atoms with Gasteiger partial charge in [0.05, 0.1) is 0 Å². The van der Waals surface area contributed by atoms with Crippen molar-refractivity contribution in [1.82, 2.24) is 15.3 Å². The average Bonchev–Trinajstić information content (AvgIpc) is 2.92. The molecule has 0 unspecified atom stereocenters. The minimum atomic E-state index is -0.116. The van der Waals surface area contributed by atoms with Crippen molar-refractivity contribution < 1.29 is 4.79 Å². The lowest BCUT2D eigenvalue weighted by molar-refractivity contribution is 0.0949. The summed E-state index contributed by atoms with van der Waals surface area (Å²) in [7, 11) is 0. The van der Waals surface area contributed by atoms with Crippen molar-refractivity contribution in [3.63, 3.8) is 0 Å². The Morgan fingerprint density at radius 2 is 2.28 bits per heavy atom. The van der Waals surface area contributed by atoms with Gasteiger partial charge >= 0.3 is 0 Å². The average molecular weight is 279 g/mol. The van der Waals surface area contributed by atoms with Crippen molar-refractivity contribution in [3.05, 3.63) is 41.7 Å². The molecule has 0 aliphatic carbocycles. The Balaban J connectivity index is 1.62. The summed E-state index contributed by atoms with van der Waals surface area (Å²) in [6.45, 7) is 0.660. The topological polar surface area (TPSA) is 54.9 Å². The van der Waals surface area contributed by atoms with Crippen LogP contribution in [0.25, 0.3) is 0 Å². The molecule has 2 aromatic rings. The number of carbonyl (C=O) groups excluding carboxylic acids is 1. The van der Waals surface area contributed by atoms with E-state index in [1.54, 1.807) is 53.7 Å². The van der Waals surface area contributed by atoms with Crippen LogP contribution >= 0.6 is 23.1 Å². The van der Waals surface area contributed by atoms with E-state index < -0.39 is 0 Å². The second kappa shape index (κ2) is 7.13. The summed E-state index contributed by atoms with van der Waals surface area (Å²) in [4.78, 5) is 19.8. The van der Waals surface area contributed by atoms with Gasteiger partial charge in [-0.05, 0) is 18.6 Å². The van der Waals surface area contributed by atoms with Gasteiger partial charge in [-0.2, -0.15) is 0 Å². The largest absolute Gasteiger partial charge is 0.351 e. The number of hydrogen-bond acceptors (Lipinski definition) is 5. The quantitative estimate of drug-likeness (QED) is 0.652. The monoisotopic (exact) mass is 279 g/mol. The summed E-state index contributed by atoms with van der Waals surface area (Å²) in [6, 6.07) is 5.31. The van der Waals surface area contributed by atoms with Crippen LogP contribution in [-0.4, -0.2) is 28.2 Å². The minimum Gasteiger partial charge on any atom is -0.351 e. The van der Waals surface area contributed by atoms with Crippen molar-refractivity contribution >= 4 is 29.0 Å². The number of carbonyl (C=O) groups is 1. The fourth-order valence-corrected chi connectivity index (χ4v) is 2.95. The van der Waals surface area contributed by atoms with Gasteiger partial charge in [0.15, 0.2) is 0 Å². The van der Waals surface area contributed by atoms with Crippen molar-refractivity contribution in [2.75, 3.05) is 12.3 Å². The Hall–Kier alpha value is -1.40. The van der Waals surface area contributed by atoms with Gasteiger partial charge in [0.1, 0.15) is 10.0 Å². The molecule has 2 aromatic heterocycles. The molecular formula is C12H13N3OS2. The van der Waals surface area contributed by atoms with E-state index in [-0.39, 0.29) is 5.91 Å². The Morgan fingerprint density at radius 1 is 1.33 bits per heavy atom. The van der Waals surface area contributed by atoms with Crippen LogP contribution in [0.5, 0.6) is 0 Å². The van der Waals surface area contributed by atoms with Crippen LogP contribution in [0.1, 0.15) is 16.9 Å². The Labute approximate surface area is 114 Å². The second-order valence-electron chi connectivity index (χ2n) is 3.47. The Bertz CT molecular complexity index is 473. The molecule has 4 nitrogen and oxygen atoms in total. The summed E-state index contributed by atoms with van der Waals surface area (Å²) in [5.41, 5.74) is 0.463. The van der Waals surface area contributed by atoms with Crippen molar-refractivity contribution in [2.45, 2.75) is 10.8 Å². The summed E-state index contributed by atoms with van der Waals surface area (Å²) in [5, 5.41) is 4.81. The molecule has 0 aliphatic heterocycles. The Morgan fingerprint density at radius 3 is 3.00 bits per heavy atom. The predicted molar refractivity (Wildman–Crippen MR) is 74.0 cm³/mol. The van der Waals surface area contributed by atoms with Gasteiger partial charge in [0.25, 0.3) is 5.91 Å². The molecule has 94 valence electrons. The van der Waals surface area contributed by atoms with Crippen molar-refractivity contribution in [2.24, 2.45) is 0 Å². The molecular weight excluding hydrogens is 266 g/mol. The highest BCUT2D eigenvalue weighted by molar-refractivity contribution is 8.00. The highest BCUT2D eigenvalue weighted by Crippen LogP contribution is 2.20. The molecule has 0 saturated carbocycles. The van der Waals surface area contributed by atoms with E-state index in [9.17, 15) is 4.79 Å². The molecule has 0 saturated heterocycles. The SMILES string of the molecule is O=C(NCCCSc1nccs1)c1ccccn1. The molecule has 1 amide bonds. The zero-order valence-corrected chi connectivity index (χ0v) is 11.3. The third kappa shape index (κ3) is 4.12. The maximum Gasteiger partial charge on any atom is 0.269 e. The van der Waals surface area contributed by atoms with Crippen LogP contribution in [0.4, 0.5) is 0 Å². The summed E-state index contributed by atoms with van der Waals surface area (Å²) < 4.78 is 1.08. The van der Waals surface area contributed by atoms with Crippen LogP contribution in [0.15, 0.2) is 40.3 Å². The first kappa shape index (κ1) is 13.0. The summed E-state index contributed by atoms with van der Waals surface area (Å²) >= 11 is 3.35. The maximum absolute atomic E-state index is 11.6. The number of hydrogen-bond donors (Lipinski definition) is 1. The van der Waals surface area contributed by atoms with Crippen LogP contribution in [0.3, 0.4) is 0 Å². The minimum absolute atomic E-state index is 0.116. The first-order chi connectivity index (χ1) is 8.86. The van der Waals surface area contributed by atoms with Crippen LogP contribution < -0.4 is 5.32 Å². The van der Waals surface area contributed by atoms with E-state index in [2.05, 4.69) is 15.3 Å². The molecule has 0 radical (unpaired) electrons. The molecule has 6 heteroatoms. The fourth-order valence-electron chi connectivity index (χ4n) is 1.30. The zero-order chi connectivity index (χ0) is 12.6. The van der Waals surface area contributed by atoms with Gasteiger partial charge in [-0.3, -0.25) is 9.78 Å². The predicted octanol–water partition coefficient (Wildman–Crippen LogP) is 2.45. The van der Waals surface area contributed by atoms with Gasteiger partial charge in [-0.15, -0.1) is 11.3 Å². The molecule has 0 aliphatic rings. The van der Waals surface area contributed by atoms with Crippen molar-refractivity contribution in [3.8, 4) is 0 Å². The van der Waals surface area contributed by atoms with Crippen molar-refractivity contribution in [1.29, 1.82) is 0 Å². The molecule has 0 spiro atoms. The third-order valence-corrected chi connectivity index (χ3v) is 4.19. The summed E-state index contributed by atoms with van der Waals surface area (Å²) in [6.07, 6.45) is 4.34. The van der Waals surface area contributed by atoms with E-state index in [0.29, 0.717) is 12.2 Å². The Kier molecular flexibility index (Phi) is 5.16. The first-order valence-electron chi connectivity index (χ1n) is 5.58. The molecule has 2 rings (SSSR count). The number of nitrogens with zero attached hydrogens (tertiary/aromatic N) is 2. The number of rotatable bonds is 6. The van der Waals surface area contributed by atoms with E-state index in [0.717, 1.165) is 16.5 Å². The lowest BCUT2D eigenvalue weighted by Crippen LogP contribution is -2.25. The second-order valence-corrected chi connectivity index (χ2v) is 5.71. The molecule has 18 heavy (non-hydrogen) atoms. The number of thioether (sulfide) groups is 1. The van der Waals surface area contributed by atoms with E-state index >= 15 is 0 Å². The molecule has 0 aromatic carbocycles. The highest BCUT2D eigenvalue weighted by Gasteiger charge is 2.04. The van der Waals surface area contributed by atoms with E-state index in [4.69, 9.17) is 0 Å². The number of amides is 1. The summed E-state index contributed by atoms with van der Waals surface area (Å²) in [5.74, 6) is 0.838. The smallest absolute Gasteiger partial charge is 0.269 e. The van der Waals surface area contributed by atoms with Gasteiger partial charge < -0.3 is 5.32 Å². The molecule has 0 fully saturated rings. The van der Waals surface area contributed by atoms with Crippen LogP contribution in [0, 0.1) is 0 Å². The molecule has 0 bridgehead atoms. The van der Waals surface area contributed by atoms with Gasteiger partial charge in [0.2, 0.25) is 0 Å². The molecule has 0 atom stereocenters. The van der Waals surface area contributed by atoms with Gasteiger partial charge in [0, 0.05) is 30.1 Å². The van der Waals surface area contributed by atoms with Gasteiger partial charge in [-0.25, -0.2) is 4.98 Å².